The van der Waals surface area contributed by atoms with Crippen molar-refractivity contribution in [1.82, 2.24) is 4.90 Å². The minimum Gasteiger partial charge on any atom is -0.380 e. The molecule has 1 aliphatic rings. The Labute approximate surface area is 162 Å². The maximum Gasteiger partial charge on any atom is 0.255 e. The van der Waals surface area contributed by atoms with Crippen LogP contribution in [0.5, 0.6) is 0 Å². The summed E-state index contributed by atoms with van der Waals surface area (Å²) in [4.78, 5) is 15.1. The number of hydrogen-bond donors (Lipinski definition) is 1. The Bertz CT molecular complexity index is 817. The van der Waals surface area contributed by atoms with Crippen molar-refractivity contribution < 1.29 is 9.53 Å². The molecule has 0 aliphatic carbocycles. The van der Waals surface area contributed by atoms with Gasteiger partial charge in [-0.15, -0.1) is 0 Å². The lowest BCUT2D eigenvalue weighted by atomic mass is 9.88. The van der Waals surface area contributed by atoms with Gasteiger partial charge in [0.1, 0.15) is 0 Å². The molecule has 1 N–H and O–H groups in total. The normalized spacial score (nSPS) is 15.5. The minimum absolute atomic E-state index is 0.0612. The molecule has 4 heteroatoms. The van der Waals surface area contributed by atoms with E-state index in [1.54, 1.807) is 0 Å². The van der Waals surface area contributed by atoms with Gasteiger partial charge in [-0.1, -0.05) is 36.8 Å². The molecule has 27 heavy (non-hydrogen) atoms. The van der Waals surface area contributed by atoms with Crippen LogP contribution in [0.25, 0.3) is 0 Å². The zero-order valence-electron chi connectivity index (χ0n) is 17.1. The Kier molecular flexibility index (Phi) is 5.68. The van der Waals surface area contributed by atoms with Crippen LogP contribution in [0.15, 0.2) is 36.4 Å². The van der Waals surface area contributed by atoms with E-state index in [-0.39, 0.29) is 11.3 Å². The van der Waals surface area contributed by atoms with Crippen LogP contribution in [-0.2, 0) is 11.3 Å². The van der Waals surface area contributed by atoms with Gasteiger partial charge in [-0.3, -0.25) is 4.79 Å². The maximum atomic E-state index is 12.8. The van der Waals surface area contributed by atoms with Crippen molar-refractivity contribution >= 4 is 11.6 Å². The second-order valence-corrected chi connectivity index (χ2v) is 8.40. The highest BCUT2D eigenvalue weighted by atomic mass is 16.5. The summed E-state index contributed by atoms with van der Waals surface area (Å²) < 4.78 is 5.34. The Balaban J connectivity index is 1.68. The summed E-state index contributed by atoms with van der Waals surface area (Å²) >= 11 is 0. The highest BCUT2D eigenvalue weighted by Gasteiger charge is 2.34. The largest absolute Gasteiger partial charge is 0.380 e. The molecule has 4 nitrogen and oxygen atoms in total. The molecule has 2 aromatic rings. The second-order valence-electron chi connectivity index (χ2n) is 8.40. The van der Waals surface area contributed by atoms with Crippen molar-refractivity contribution in [3.63, 3.8) is 0 Å². The molecule has 0 spiro atoms. The van der Waals surface area contributed by atoms with Gasteiger partial charge in [0, 0.05) is 29.8 Å². The van der Waals surface area contributed by atoms with Crippen molar-refractivity contribution in [1.29, 1.82) is 0 Å². The molecule has 3 rings (SSSR count). The number of hydrogen-bond acceptors (Lipinski definition) is 3. The standard InChI is InChI=1S/C23H30N2O2/c1-16-9-17(2)21(18(3)10-16)24-22(26)20-8-6-7-19(11-20)12-25(5)13-23(4)14-27-15-23/h6-11H,12-15H2,1-5H3,(H,24,26). The van der Waals surface area contributed by atoms with Crippen LogP contribution in [0.3, 0.4) is 0 Å². The van der Waals surface area contributed by atoms with Crippen LogP contribution in [0.1, 0.15) is 39.5 Å². The summed E-state index contributed by atoms with van der Waals surface area (Å²) in [5, 5.41) is 3.09. The molecule has 0 aromatic heterocycles. The number of benzene rings is 2. The van der Waals surface area contributed by atoms with Crippen LogP contribution in [0.2, 0.25) is 0 Å². The van der Waals surface area contributed by atoms with Gasteiger partial charge >= 0.3 is 0 Å². The Morgan fingerprint density at radius 2 is 1.81 bits per heavy atom. The summed E-state index contributed by atoms with van der Waals surface area (Å²) in [7, 11) is 2.12. The number of rotatable bonds is 6. The molecule has 0 bridgehead atoms. The molecule has 1 heterocycles. The number of amides is 1. The molecular weight excluding hydrogens is 336 g/mol. The van der Waals surface area contributed by atoms with E-state index in [4.69, 9.17) is 4.74 Å². The fourth-order valence-electron chi connectivity index (χ4n) is 3.93. The third kappa shape index (κ3) is 4.76. The molecule has 1 amide bonds. The average Bonchev–Trinajstić information content (AvgIpc) is 2.56. The number of aryl methyl sites for hydroxylation is 3. The molecule has 0 saturated carbocycles. The zero-order valence-corrected chi connectivity index (χ0v) is 17.1. The molecule has 0 unspecified atom stereocenters. The number of carbonyl (C=O) groups is 1. The molecule has 1 aliphatic heterocycles. The van der Waals surface area contributed by atoms with E-state index < -0.39 is 0 Å². The highest BCUT2D eigenvalue weighted by Crippen LogP contribution is 2.28. The van der Waals surface area contributed by atoms with Gasteiger partial charge in [0.05, 0.1) is 13.2 Å². The maximum absolute atomic E-state index is 12.8. The Morgan fingerprint density at radius 1 is 1.15 bits per heavy atom. The molecule has 2 aromatic carbocycles. The Hall–Kier alpha value is -2.17. The number of anilines is 1. The van der Waals surface area contributed by atoms with E-state index in [9.17, 15) is 4.79 Å². The first-order chi connectivity index (χ1) is 12.8. The summed E-state index contributed by atoms with van der Waals surface area (Å²) in [6.07, 6.45) is 0. The van der Waals surface area contributed by atoms with E-state index in [1.165, 1.54) is 5.56 Å². The van der Waals surface area contributed by atoms with Gasteiger partial charge < -0.3 is 15.0 Å². The van der Waals surface area contributed by atoms with Gasteiger partial charge in [0.2, 0.25) is 0 Å². The molecular formula is C23H30N2O2. The van der Waals surface area contributed by atoms with Crippen molar-refractivity contribution in [3.8, 4) is 0 Å². The first kappa shape index (κ1) is 19.6. The third-order valence-corrected chi connectivity index (χ3v) is 5.11. The summed E-state index contributed by atoms with van der Waals surface area (Å²) in [5.74, 6) is -0.0612. The lowest BCUT2D eigenvalue weighted by Gasteiger charge is -2.40. The van der Waals surface area contributed by atoms with Gasteiger partial charge in [0.25, 0.3) is 5.91 Å². The molecule has 1 fully saturated rings. The van der Waals surface area contributed by atoms with Gasteiger partial charge in [-0.05, 0) is 56.6 Å². The summed E-state index contributed by atoms with van der Waals surface area (Å²) in [5.41, 5.74) is 6.39. The second kappa shape index (κ2) is 7.83. The highest BCUT2D eigenvalue weighted by molar-refractivity contribution is 6.05. The predicted octanol–water partition coefficient (Wildman–Crippen LogP) is 4.33. The van der Waals surface area contributed by atoms with E-state index in [0.29, 0.717) is 5.56 Å². The first-order valence-electron chi connectivity index (χ1n) is 9.50. The summed E-state index contributed by atoms with van der Waals surface area (Å²) in [6.45, 7) is 11.9. The third-order valence-electron chi connectivity index (χ3n) is 5.11. The predicted molar refractivity (Wildman–Crippen MR) is 110 cm³/mol. The quantitative estimate of drug-likeness (QED) is 0.827. The van der Waals surface area contributed by atoms with Gasteiger partial charge in [0.15, 0.2) is 0 Å². The number of carbonyl (C=O) groups excluding carboxylic acids is 1. The van der Waals surface area contributed by atoms with Crippen molar-refractivity contribution in [2.45, 2.75) is 34.2 Å². The Morgan fingerprint density at radius 3 is 2.41 bits per heavy atom. The van der Waals surface area contributed by atoms with E-state index >= 15 is 0 Å². The monoisotopic (exact) mass is 366 g/mol. The molecule has 144 valence electrons. The lowest BCUT2D eigenvalue weighted by molar-refractivity contribution is -0.113. The van der Waals surface area contributed by atoms with Gasteiger partial charge in [-0.2, -0.15) is 0 Å². The first-order valence-corrected chi connectivity index (χ1v) is 9.50. The topological polar surface area (TPSA) is 41.6 Å². The van der Waals surface area contributed by atoms with Crippen LogP contribution >= 0.6 is 0 Å². The molecule has 1 saturated heterocycles. The fraction of sp³-hybridized carbons (Fsp3) is 0.435. The fourth-order valence-corrected chi connectivity index (χ4v) is 3.93. The summed E-state index contributed by atoms with van der Waals surface area (Å²) in [6, 6.07) is 12.1. The van der Waals surface area contributed by atoms with E-state index in [2.05, 4.69) is 49.3 Å². The lowest BCUT2D eigenvalue weighted by Crippen LogP contribution is -2.47. The van der Waals surface area contributed by atoms with Gasteiger partial charge in [-0.25, -0.2) is 0 Å². The molecule has 0 atom stereocenters. The SMILES string of the molecule is Cc1cc(C)c(NC(=O)c2cccc(CN(C)CC3(C)COC3)c2)c(C)c1. The number of nitrogens with one attached hydrogen (secondary N) is 1. The smallest absolute Gasteiger partial charge is 0.255 e. The van der Waals surface area contributed by atoms with Crippen molar-refractivity contribution in [2.75, 3.05) is 32.1 Å². The average molecular weight is 367 g/mol. The van der Waals surface area contributed by atoms with E-state index in [0.717, 1.165) is 48.7 Å². The molecule has 0 radical (unpaired) electrons. The number of nitrogens with zero attached hydrogens (tertiary/aromatic N) is 1. The zero-order chi connectivity index (χ0) is 19.6. The van der Waals surface area contributed by atoms with Crippen LogP contribution in [0.4, 0.5) is 5.69 Å². The van der Waals surface area contributed by atoms with Crippen LogP contribution < -0.4 is 5.32 Å². The van der Waals surface area contributed by atoms with Crippen molar-refractivity contribution in [3.05, 3.63) is 64.2 Å². The minimum atomic E-state index is -0.0612. The van der Waals surface area contributed by atoms with Crippen LogP contribution in [-0.4, -0.2) is 37.6 Å². The van der Waals surface area contributed by atoms with Crippen molar-refractivity contribution in [2.24, 2.45) is 5.41 Å². The van der Waals surface area contributed by atoms with Crippen LogP contribution in [0, 0.1) is 26.2 Å². The number of ether oxygens (including phenoxy) is 1. The van der Waals surface area contributed by atoms with E-state index in [1.807, 2.05) is 32.0 Å².